The monoisotopic (exact) mass is 234 g/mol. The van der Waals surface area contributed by atoms with Crippen LogP contribution in [0.1, 0.15) is 13.8 Å². The van der Waals surface area contributed by atoms with Gasteiger partial charge >= 0.3 is 0 Å². The summed E-state index contributed by atoms with van der Waals surface area (Å²) in [6.45, 7) is 4.12. The van der Waals surface area contributed by atoms with E-state index in [2.05, 4.69) is 13.8 Å². The molecule has 0 aliphatic heterocycles. The summed E-state index contributed by atoms with van der Waals surface area (Å²) in [7, 11) is 0. The number of hydrogen-bond acceptors (Lipinski definition) is 2. The van der Waals surface area contributed by atoms with Gasteiger partial charge in [0.1, 0.15) is 5.83 Å². The highest BCUT2D eigenvalue weighted by atomic mass is 35.9. The van der Waals surface area contributed by atoms with Gasteiger partial charge in [-0.3, -0.25) is 0 Å². The number of halogens is 2. The standard InChI is InChI=1S/C5H9Cl2PS2/c1-4(2)5(9-3)10-8(6)7/h1-3H3. The molecule has 0 saturated carbocycles. The van der Waals surface area contributed by atoms with E-state index in [9.17, 15) is 0 Å². The van der Waals surface area contributed by atoms with E-state index in [0.717, 1.165) is 0 Å². The molecule has 0 aromatic rings. The molecular weight excluding hydrogens is 226 g/mol. The van der Waals surface area contributed by atoms with Crippen LogP contribution in [0, 0.1) is 0 Å². The molecule has 0 N–H and O–H groups in total. The highest BCUT2D eigenvalue weighted by Crippen LogP contribution is 2.64. The first-order chi connectivity index (χ1) is 4.57. The lowest BCUT2D eigenvalue weighted by Crippen LogP contribution is -1.69. The molecule has 0 rings (SSSR count). The van der Waals surface area contributed by atoms with Crippen molar-refractivity contribution in [2.75, 3.05) is 6.26 Å². The maximum absolute atomic E-state index is 5.64. The molecule has 0 spiro atoms. The van der Waals surface area contributed by atoms with Crippen LogP contribution in [0.25, 0.3) is 0 Å². The van der Waals surface area contributed by atoms with Crippen LogP contribution in [-0.4, -0.2) is 6.26 Å². The summed E-state index contributed by atoms with van der Waals surface area (Å²) in [5.74, 6) is -0.896. The van der Waals surface area contributed by atoms with Crippen LogP contribution >= 0.6 is 51.5 Å². The summed E-state index contributed by atoms with van der Waals surface area (Å²) in [6, 6.07) is 0. The number of allylic oxidation sites excluding steroid dienone is 1. The fourth-order valence-electron chi connectivity index (χ4n) is 0.395. The van der Waals surface area contributed by atoms with E-state index in [0.29, 0.717) is 0 Å². The summed E-state index contributed by atoms with van der Waals surface area (Å²) in [5.41, 5.74) is 1.28. The largest absolute Gasteiger partial charge is 0.150 e. The van der Waals surface area contributed by atoms with Gasteiger partial charge in [0.2, 0.25) is 0 Å². The highest BCUT2D eigenvalue weighted by Gasteiger charge is 2.05. The van der Waals surface area contributed by atoms with E-state index in [1.54, 1.807) is 23.1 Å². The summed E-state index contributed by atoms with van der Waals surface area (Å²) in [4.78, 5) is 0. The Kier molecular flexibility index (Phi) is 6.89. The molecular formula is C5H9Cl2PS2. The first-order valence-electron chi connectivity index (χ1n) is 2.59. The van der Waals surface area contributed by atoms with Crippen molar-refractivity contribution in [2.45, 2.75) is 13.8 Å². The lowest BCUT2D eigenvalue weighted by Gasteiger charge is -2.04. The molecule has 0 aromatic heterocycles. The van der Waals surface area contributed by atoms with Crippen molar-refractivity contribution in [3.63, 3.8) is 0 Å². The van der Waals surface area contributed by atoms with Crippen molar-refractivity contribution in [1.29, 1.82) is 0 Å². The zero-order valence-electron chi connectivity index (χ0n) is 6.02. The third kappa shape index (κ3) is 5.15. The molecule has 0 aliphatic carbocycles. The quantitative estimate of drug-likeness (QED) is 0.628. The summed E-state index contributed by atoms with van der Waals surface area (Å²) in [5, 5.41) is 0. The molecule has 0 aliphatic rings. The van der Waals surface area contributed by atoms with E-state index in [1.165, 1.54) is 9.81 Å². The fraction of sp³-hybridized carbons (Fsp3) is 0.600. The van der Waals surface area contributed by atoms with Gasteiger partial charge in [0.05, 0.1) is 0 Å². The number of thioether (sulfide) groups is 1. The Labute approximate surface area is 81.2 Å². The molecule has 0 nitrogen and oxygen atoms in total. The van der Waals surface area contributed by atoms with E-state index in [4.69, 9.17) is 22.5 Å². The van der Waals surface area contributed by atoms with E-state index >= 15 is 0 Å². The minimum atomic E-state index is -0.896. The minimum Gasteiger partial charge on any atom is -0.122 e. The van der Waals surface area contributed by atoms with Gasteiger partial charge in [-0.1, -0.05) is 39.4 Å². The molecule has 60 valence electrons. The Balaban J connectivity index is 3.97. The van der Waals surface area contributed by atoms with Crippen molar-refractivity contribution < 1.29 is 0 Å². The smallest absolute Gasteiger partial charge is 0.122 e. The molecule has 0 bridgehead atoms. The van der Waals surface area contributed by atoms with Crippen LogP contribution in [-0.2, 0) is 0 Å². The predicted octanol–water partition coefficient (Wildman–Crippen LogP) is 5.04. The van der Waals surface area contributed by atoms with E-state index in [-0.39, 0.29) is 0 Å². The number of rotatable bonds is 3. The Bertz CT molecular complexity index is 132. The van der Waals surface area contributed by atoms with Crippen molar-refractivity contribution in [2.24, 2.45) is 0 Å². The molecule has 10 heavy (non-hydrogen) atoms. The molecule has 0 heterocycles. The third-order valence-corrected chi connectivity index (χ3v) is 5.56. The molecule has 0 saturated heterocycles. The highest BCUT2D eigenvalue weighted by molar-refractivity contribution is 8.73. The van der Waals surface area contributed by atoms with Crippen molar-refractivity contribution in [3.05, 3.63) is 9.81 Å². The van der Waals surface area contributed by atoms with Gasteiger partial charge in [-0.25, -0.2) is 0 Å². The van der Waals surface area contributed by atoms with Crippen LogP contribution in [0.2, 0.25) is 0 Å². The average molecular weight is 235 g/mol. The molecule has 0 atom stereocenters. The zero-order chi connectivity index (χ0) is 8.15. The Morgan fingerprint density at radius 2 is 1.80 bits per heavy atom. The predicted molar refractivity (Wildman–Crippen MR) is 58.1 cm³/mol. The van der Waals surface area contributed by atoms with Crippen LogP contribution in [0.3, 0.4) is 0 Å². The van der Waals surface area contributed by atoms with Gasteiger partial charge < -0.3 is 0 Å². The van der Waals surface area contributed by atoms with Gasteiger partial charge in [-0.05, 0) is 20.1 Å². The maximum Gasteiger partial charge on any atom is 0.150 e. The SMILES string of the molecule is CSC(SP(Cl)Cl)=C(C)C. The molecule has 5 heteroatoms. The molecule has 0 amide bonds. The van der Waals surface area contributed by atoms with Crippen molar-refractivity contribution in [1.82, 2.24) is 0 Å². The van der Waals surface area contributed by atoms with Gasteiger partial charge in [0.25, 0.3) is 0 Å². The van der Waals surface area contributed by atoms with Crippen LogP contribution in [0.5, 0.6) is 0 Å². The molecule has 0 radical (unpaired) electrons. The summed E-state index contributed by atoms with van der Waals surface area (Å²) in [6.07, 6.45) is 2.03. The van der Waals surface area contributed by atoms with Gasteiger partial charge in [0, 0.05) is 4.24 Å². The lowest BCUT2D eigenvalue weighted by molar-refractivity contribution is 1.41. The Morgan fingerprint density at radius 1 is 1.30 bits per heavy atom. The third-order valence-electron chi connectivity index (χ3n) is 0.746. The maximum atomic E-state index is 5.64. The zero-order valence-corrected chi connectivity index (χ0v) is 10.1. The topological polar surface area (TPSA) is 0 Å². The van der Waals surface area contributed by atoms with Crippen LogP contribution in [0.15, 0.2) is 9.81 Å². The van der Waals surface area contributed by atoms with Gasteiger partial charge in [0.15, 0.2) is 0 Å². The van der Waals surface area contributed by atoms with Gasteiger partial charge in [-0.15, -0.1) is 11.8 Å². The summed E-state index contributed by atoms with van der Waals surface area (Å²) >= 11 is 14.5. The lowest BCUT2D eigenvalue weighted by atomic mass is 10.4. The van der Waals surface area contributed by atoms with Crippen LogP contribution in [0.4, 0.5) is 0 Å². The Morgan fingerprint density at radius 3 is 1.90 bits per heavy atom. The normalized spacial score (nSPS) is 10.2. The van der Waals surface area contributed by atoms with Crippen LogP contribution < -0.4 is 0 Å². The Hall–Kier alpha value is 1.45. The van der Waals surface area contributed by atoms with E-state index < -0.39 is 5.83 Å². The fourth-order valence-corrected chi connectivity index (χ4v) is 5.65. The molecule has 0 aromatic carbocycles. The first kappa shape index (κ1) is 11.4. The second-order valence-corrected chi connectivity index (χ2v) is 9.25. The summed E-state index contributed by atoms with van der Waals surface area (Å²) < 4.78 is 1.23. The second-order valence-electron chi connectivity index (χ2n) is 1.78. The number of hydrogen-bond donors (Lipinski definition) is 0. The molecule has 0 fully saturated rings. The minimum absolute atomic E-state index is 0.896. The van der Waals surface area contributed by atoms with E-state index in [1.807, 2.05) is 6.26 Å². The van der Waals surface area contributed by atoms with Crippen molar-refractivity contribution in [3.8, 4) is 0 Å². The van der Waals surface area contributed by atoms with Crippen molar-refractivity contribution >= 4 is 51.5 Å². The molecule has 0 unspecified atom stereocenters. The average Bonchev–Trinajstić information content (AvgIpc) is 1.81. The second kappa shape index (κ2) is 6.02. The van der Waals surface area contributed by atoms with Gasteiger partial charge in [-0.2, -0.15) is 0 Å². The first-order valence-corrected chi connectivity index (χ1v) is 8.39.